The van der Waals surface area contributed by atoms with Gasteiger partial charge in [-0.2, -0.15) is 5.10 Å². The lowest BCUT2D eigenvalue weighted by Gasteiger charge is -2.29. The van der Waals surface area contributed by atoms with Gasteiger partial charge in [0.05, 0.1) is 36.3 Å². The summed E-state index contributed by atoms with van der Waals surface area (Å²) in [6.45, 7) is 3.57. The predicted molar refractivity (Wildman–Crippen MR) is 93.7 cm³/mol. The van der Waals surface area contributed by atoms with Gasteiger partial charge in [0.25, 0.3) is 5.91 Å². The second-order valence-corrected chi connectivity index (χ2v) is 6.38. The van der Waals surface area contributed by atoms with E-state index in [4.69, 9.17) is 9.15 Å². The molecule has 0 aliphatic carbocycles. The molecule has 1 aliphatic rings. The van der Waals surface area contributed by atoms with Crippen molar-refractivity contribution in [3.63, 3.8) is 0 Å². The number of amides is 1. The van der Waals surface area contributed by atoms with Crippen molar-refractivity contribution >= 4 is 5.91 Å². The monoisotopic (exact) mass is 352 g/mol. The molecule has 0 saturated carbocycles. The molecule has 0 radical (unpaired) electrons. The average Bonchev–Trinajstić information content (AvgIpc) is 3.31. The number of aromatic nitrogens is 3. The normalized spacial score (nSPS) is 16.8. The van der Waals surface area contributed by atoms with Crippen LogP contribution >= 0.6 is 0 Å². The summed E-state index contributed by atoms with van der Waals surface area (Å²) in [4.78, 5) is 19.1. The Labute approximate surface area is 151 Å². The van der Waals surface area contributed by atoms with Gasteiger partial charge in [0.1, 0.15) is 18.6 Å². The fourth-order valence-electron chi connectivity index (χ4n) is 3.12. The first-order chi connectivity index (χ1) is 12.7. The first-order valence-electron chi connectivity index (χ1n) is 8.60. The topological polar surface area (TPSA) is 73.4 Å². The fourth-order valence-corrected chi connectivity index (χ4v) is 3.12. The molecule has 0 fully saturated rings. The molecule has 4 heterocycles. The molecule has 7 nitrogen and oxygen atoms in total. The number of ether oxygens (including phenoxy) is 1. The summed E-state index contributed by atoms with van der Waals surface area (Å²) in [5.41, 5.74) is 2.50. The van der Waals surface area contributed by atoms with E-state index in [0.717, 1.165) is 24.4 Å². The van der Waals surface area contributed by atoms with E-state index in [1.807, 2.05) is 34.7 Å². The van der Waals surface area contributed by atoms with Gasteiger partial charge in [0.2, 0.25) is 0 Å². The Morgan fingerprint density at radius 2 is 2.27 bits per heavy atom. The van der Waals surface area contributed by atoms with Crippen LogP contribution in [0, 0.1) is 6.92 Å². The number of pyridine rings is 1. The second kappa shape index (κ2) is 7.03. The molecule has 0 aromatic carbocycles. The van der Waals surface area contributed by atoms with Crippen molar-refractivity contribution in [2.75, 3.05) is 6.61 Å². The van der Waals surface area contributed by atoms with Gasteiger partial charge < -0.3 is 14.1 Å². The summed E-state index contributed by atoms with van der Waals surface area (Å²) in [5, 5.41) is 4.35. The molecule has 0 unspecified atom stereocenters. The van der Waals surface area contributed by atoms with Crippen LogP contribution in [0.4, 0.5) is 0 Å². The van der Waals surface area contributed by atoms with Crippen LogP contribution in [0.1, 0.15) is 28.2 Å². The van der Waals surface area contributed by atoms with Crippen molar-refractivity contribution in [3.8, 4) is 5.75 Å². The maximum atomic E-state index is 13.0. The minimum atomic E-state index is -0.0691. The van der Waals surface area contributed by atoms with Gasteiger partial charge in [-0.05, 0) is 37.6 Å². The number of aryl methyl sites for hydroxylation is 2. The Bertz CT molecular complexity index is 871. The summed E-state index contributed by atoms with van der Waals surface area (Å²) < 4.78 is 13.0. The van der Waals surface area contributed by atoms with Crippen LogP contribution < -0.4 is 4.74 Å². The minimum Gasteiger partial charge on any atom is -0.490 e. The minimum absolute atomic E-state index is 0.0657. The molecular weight excluding hydrogens is 332 g/mol. The molecule has 7 heteroatoms. The Morgan fingerprint density at radius 1 is 1.35 bits per heavy atom. The van der Waals surface area contributed by atoms with Gasteiger partial charge in [-0.1, -0.05) is 0 Å². The van der Waals surface area contributed by atoms with Crippen LogP contribution in [0.2, 0.25) is 0 Å². The van der Waals surface area contributed by atoms with Crippen LogP contribution in [0.25, 0.3) is 0 Å². The molecule has 3 aromatic rings. The highest BCUT2D eigenvalue weighted by molar-refractivity contribution is 5.94. The standard InChI is InChI=1S/C19H20N4O3/c1-14-2-3-18(10-20-14)26-13-17-5-8-23-16(4-7-21-23)11-22(17)19(24)15-6-9-25-12-15/h2-4,6-7,9-10,12,17H,5,8,11,13H2,1H3/t17-/m0/s1. The molecule has 0 saturated heterocycles. The molecule has 0 bridgehead atoms. The summed E-state index contributed by atoms with van der Waals surface area (Å²) >= 11 is 0. The van der Waals surface area contributed by atoms with Crippen LogP contribution in [0.3, 0.4) is 0 Å². The SMILES string of the molecule is Cc1ccc(OC[C@@H]2CCn3nccc3CN2C(=O)c2ccoc2)cn1. The molecule has 3 aromatic heterocycles. The lowest BCUT2D eigenvalue weighted by molar-refractivity contribution is 0.0588. The van der Waals surface area contributed by atoms with E-state index in [9.17, 15) is 4.79 Å². The molecule has 1 atom stereocenters. The van der Waals surface area contributed by atoms with Gasteiger partial charge in [-0.15, -0.1) is 0 Å². The van der Waals surface area contributed by atoms with Gasteiger partial charge in [-0.3, -0.25) is 14.5 Å². The second-order valence-electron chi connectivity index (χ2n) is 6.38. The fraction of sp³-hybridized carbons (Fsp3) is 0.316. The van der Waals surface area contributed by atoms with Gasteiger partial charge in [0.15, 0.2) is 0 Å². The molecule has 4 rings (SSSR count). The summed E-state index contributed by atoms with van der Waals surface area (Å²) in [5.74, 6) is 0.636. The number of furan rings is 1. The summed E-state index contributed by atoms with van der Waals surface area (Å²) in [7, 11) is 0. The Kier molecular flexibility index (Phi) is 4.43. The van der Waals surface area contributed by atoms with E-state index in [2.05, 4.69) is 10.1 Å². The van der Waals surface area contributed by atoms with Crippen LogP contribution in [0.15, 0.2) is 53.6 Å². The number of carbonyl (C=O) groups is 1. The smallest absolute Gasteiger partial charge is 0.257 e. The van der Waals surface area contributed by atoms with E-state index in [-0.39, 0.29) is 11.9 Å². The number of nitrogens with zero attached hydrogens (tertiary/aromatic N) is 4. The van der Waals surface area contributed by atoms with E-state index in [0.29, 0.717) is 24.5 Å². The quantitative estimate of drug-likeness (QED) is 0.722. The Morgan fingerprint density at radius 3 is 3.04 bits per heavy atom. The largest absolute Gasteiger partial charge is 0.490 e. The van der Waals surface area contributed by atoms with Crippen molar-refractivity contribution in [1.82, 2.24) is 19.7 Å². The molecule has 1 amide bonds. The van der Waals surface area contributed by atoms with E-state index < -0.39 is 0 Å². The number of rotatable bonds is 4. The number of hydrogen-bond donors (Lipinski definition) is 0. The van der Waals surface area contributed by atoms with E-state index in [1.165, 1.54) is 12.5 Å². The first kappa shape index (κ1) is 16.4. The summed E-state index contributed by atoms with van der Waals surface area (Å²) in [6, 6.07) is 7.37. The molecule has 1 aliphatic heterocycles. The lowest BCUT2D eigenvalue weighted by atomic mass is 10.1. The van der Waals surface area contributed by atoms with Crippen molar-refractivity contribution in [1.29, 1.82) is 0 Å². The maximum Gasteiger partial charge on any atom is 0.257 e. The first-order valence-corrected chi connectivity index (χ1v) is 8.60. The molecule has 0 N–H and O–H groups in total. The van der Waals surface area contributed by atoms with Crippen molar-refractivity contribution in [2.24, 2.45) is 0 Å². The van der Waals surface area contributed by atoms with Gasteiger partial charge >= 0.3 is 0 Å². The maximum absolute atomic E-state index is 13.0. The highest BCUT2D eigenvalue weighted by Crippen LogP contribution is 2.21. The highest BCUT2D eigenvalue weighted by atomic mass is 16.5. The zero-order valence-corrected chi connectivity index (χ0v) is 14.5. The third kappa shape index (κ3) is 3.33. The highest BCUT2D eigenvalue weighted by Gasteiger charge is 2.29. The predicted octanol–water partition coefficient (Wildman–Crippen LogP) is 2.67. The van der Waals surface area contributed by atoms with Gasteiger partial charge in [-0.25, -0.2) is 0 Å². The zero-order chi connectivity index (χ0) is 17.9. The number of hydrogen-bond acceptors (Lipinski definition) is 5. The Balaban J connectivity index is 1.54. The van der Waals surface area contributed by atoms with Crippen LogP contribution in [-0.2, 0) is 13.1 Å². The number of fused-ring (bicyclic) bond motifs is 1. The van der Waals surface area contributed by atoms with Crippen LogP contribution in [-0.4, -0.2) is 38.2 Å². The lowest BCUT2D eigenvalue weighted by Crippen LogP contribution is -2.42. The zero-order valence-electron chi connectivity index (χ0n) is 14.5. The van der Waals surface area contributed by atoms with E-state index >= 15 is 0 Å². The third-order valence-corrected chi connectivity index (χ3v) is 4.61. The van der Waals surface area contributed by atoms with Crippen molar-refractivity contribution in [3.05, 3.63) is 66.1 Å². The van der Waals surface area contributed by atoms with Crippen LogP contribution in [0.5, 0.6) is 5.75 Å². The molecule has 26 heavy (non-hydrogen) atoms. The summed E-state index contributed by atoms with van der Waals surface area (Å²) in [6.07, 6.45) is 7.23. The molecular formula is C19H20N4O3. The molecule has 0 spiro atoms. The average molecular weight is 352 g/mol. The Hall–Kier alpha value is -3.09. The molecule has 134 valence electrons. The van der Waals surface area contributed by atoms with Crippen molar-refractivity contribution < 1.29 is 13.9 Å². The van der Waals surface area contributed by atoms with Gasteiger partial charge in [0, 0.05) is 18.4 Å². The van der Waals surface area contributed by atoms with E-state index in [1.54, 1.807) is 18.5 Å². The third-order valence-electron chi connectivity index (χ3n) is 4.61. The van der Waals surface area contributed by atoms with Crippen molar-refractivity contribution in [2.45, 2.75) is 32.5 Å². The number of carbonyl (C=O) groups excluding carboxylic acids is 1.